The molecule has 0 unspecified atom stereocenters. The van der Waals surface area contributed by atoms with E-state index in [2.05, 4.69) is 15.9 Å². The van der Waals surface area contributed by atoms with Crippen molar-refractivity contribution in [1.82, 2.24) is 0 Å². The molecule has 5 nitrogen and oxygen atoms in total. The maximum Gasteiger partial charge on any atom is 0.248 e. The van der Waals surface area contributed by atoms with Gasteiger partial charge in [-0.2, -0.15) is 0 Å². The fraction of sp³-hybridized carbons (Fsp3) is 0.125. The molecule has 0 aliphatic rings. The molecule has 0 heterocycles. The Morgan fingerprint density at radius 1 is 1.40 bits per heavy atom. The van der Waals surface area contributed by atoms with Crippen LogP contribution in [0.15, 0.2) is 21.5 Å². The predicted molar refractivity (Wildman–Crippen MR) is 58.8 cm³/mol. The first-order valence-corrected chi connectivity index (χ1v) is 6.20. The van der Waals surface area contributed by atoms with Crippen molar-refractivity contribution in [2.75, 3.05) is 0 Å². The molecule has 7 heteroatoms. The Morgan fingerprint density at radius 2 is 1.93 bits per heavy atom. The third kappa shape index (κ3) is 2.55. The summed E-state index contributed by atoms with van der Waals surface area (Å²) in [6, 6.07) is 2.62. The Hall–Kier alpha value is -0.920. The molecule has 0 atom stereocenters. The van der Waals surface area contributed by atoms with Crippen LogP contribution in [0.1, 0.15) is 15.9 Å². The summed E-state index contributed by atoms with van der Waals surface area (Å²) in [6.07, 6.45) is 0. The van der Waals surface area contributed by atoms with Gasteiger partial charge in [-0.15, -0.1) is 0 Å². The zero-order chi connectivity index (χ0) is 11.8. The van der Waals surface area contributed by atoms with Crippen LogP contribution in [0, 0.1) is 6.92 Å². The molecule has 1 rings (SSSR count). The van der Waals surface area contributed by atoms with E-state index in [0.717, 1.165) is 6.07 Å². The molecule has 0 aliphatic carbocycles. The topological polar surface area (TPSA) is 103 Å². The Bertz CT molecular complexity index is 525. The van der Waals surface area contributed by atoms with Crippen LogP contribution in [-0.4, -0.2) is 14.3 Å². The number of benzene rings is 1. The van der Waals surface area contributed by atoms with Gasteiger partial charge >= 0.3 is 0 Å². The van der Waals surface area contributed by atoms with Gasteiger partial charge in [0.2, 0.25) is 15.9 Å². The predicted octanol–water partition coefficient (Wildman–Crippen LogP) is 0.504. The number of sulfonamides is 1. The first kappa shape index (κ1) is 12.2. The number of hydrogen-bond acceptors (Lipinski definition) is 3. The van der Waals surface area contributed by atoms with Crippen molar-refractivity contribution in [1.29, 1.82) is 0 Å². The molecule has 0 bridgehead atoms. The van der Waals surface area contributed by atoms with Gasteiger partial charge in [0.15, 0.2) is 0 Å². The molecule has 1 aromatic carbocycles. The number of carbonyl (C=O) groups excluding carboxylic acids is 1. The van der Waals surface area contributed by atoms with Gasteiger partial charge in [0.25, 0.3) is 0 Å². The average Bonchev–Trinajstić information content (AvgIpc) is 2.06. The van der Waals surface area contributed by atoms with Gasteiger partial charge in [-0.05, 0) is 24.6 Å². The molecule has 15 heavy (non-hydrogen) atoms. The third-order valence-corrected chi connectivity index (χ3v) is 3.75. The zero-order valence-corrected chi connectivity index (χ0v) is 10.2. The maximum atomic E-state index is 11.2. The highest BCUT2D eigenvalue weighted by Gasteiger charge is 2.16. The summed E-state index contributed by atoms with van der Waals surface area (Å²) in [7, 11) is -3.85. The normalized spacial score (nSPS) is 11.4. The van der Waals surface area contributed by atoms with Gasteiger partial charge in [-0.25, -0.2) is 13.6 Å². The number of nitrogens with two attached hydrogens (primary N) is 2. The molecular weight excluding hydrogens is 284 g/mol. The van der Waals surface area contributed by atoms with E-state index in [-0.39, 0.29) is 10.5 Å². The summed E-state index contributed by atoms with van der Waals surface area (Å²) in [6.45, 7) is 1.58. The number of halogens is 1. The SMILES string of the molecule is Cc1c(Br)cc(C(N)=O)cc1S(N)(=O)=O. The van der Waals surface area contributed by atoms with Crippen LogP contribution in [0.25, 0.3) is 0 Å². The molecular formula is C8H9BrN2O3S. The summed E-state index contributed by atoms with van der Waals surface area (Å²) in [5, 5.41) is 4.99. The van der Waals surface area contributed by atoms with E-state index in [0.29, 0.717) is 10.0 Å². The average molecular weight is 293 g/mol. The zero-order valence-electron chi connectivity index (χ0n) is 7.82. The van der Waals surface area contributed by atoms with Gasteiger partial charge in [0.05, 0.1) is 4.90 Å². The second-order valence-electron chi connectivity index (χ2n) is 2.99. The smallest absolute Gasteiger partial charge is 0.248 e. The Morgan fingerprint density at radius 3 is 2.33 bits per heavy atom. The summed E-state index contributed by atoms with van der Waals surface area (Å²) in [5.74, 6) is -0.708. The fourth-order valence-electron chi connectivity index (χ4n) is 1.09. The van der Waals surface area contributed by atoms with E-state index in [1.807, 2.05) is 0 Å². The van der Waals surface area contributed by atoms with Crippen LogP contribution in [-0.2, 0) is 10.0 Å². The number of primary amides is 1. The highest BCUT2D eigenvalue weighted by molar-refractivity contribution is 9.10. The third-order valence-electron chi connectivity index (χ3n) is 1.89. The minimum atomic E-state index is -3.85. The first-order valence-electron chi connectivity index (χ1n) is 3.86. The van der Waals surface area contributed by atoms with Gasteiger partial charge in [-0.1, -0.05) is 15.9 Å². The molecule has 4 N–H and O–H groups in total. The molecule has 82 valence electrons. The molecule has 1 aromatic rings. The molecule has 0 aliphatic heterocycles. The summed E-state index contributed by atoms with van der Waals surface area (Å²) in [4.78, 5) is 10.8. The highest BCUT2D eigenvalue weighted by Crippen LogP contribution is 2.24. The number of rotatable bonds is 2. The largest absolute Gasteiger partial charge is 0.366 e. The lowest BCUT2D eigenvalue weighted by Gasteiger charge is -2.07. The minimum Gasteiger partial charge on any atom is -0.366 e. The number of primary sulfonamides is 1. The highest BCUT2D eigenvalue weighted by atomic mass is 79.9. The van der Waals surface area contributed by atoms with Crippen molar-refractivity contribution >= 4 is 31.9 Å². The van der Waals surface area contributed by atoms with Crippen molar-refractivity contribution in [3.05, 3.63) is 27.7 Å². The van der Waals surface area contributed by atoms with E-state index in [1.165, 1.54) is 6.07 Å². The molecule has 1 amide bonds. The minimum absolute atomic E-state index is 0.0940. The van der Waals surface area contributed by atoms with Gasteiger partial charge in [0, 0.05) is 10.0 Å². The van der Waals surface area contributed by atoms with Crippen molar-refractivity contribution in [3.63, 3.8) is 0 Å². The summed E-state index contributed by atoms with van der Waals surface area (Å²) in [5.41, 5.74) is 5.59. The molecule has 0 spiro atoms. The van der Waals surface area contributed by atoms with Gasteiger partial charge in [-0.3, -0.25) is 4.79 Å². The summed E-state index contributed by atoms with van der Waals surface area (Å²) < 4.78 is 22.8. The fourth-order valence-corrected chi connectivity index (χ4v) is 2.51. The lowest BCUT2D eigenvalue weighted by atomic mass is 10.1. The van der Waals surface area contributed by atoms with E-state index in [1.54, 1.807) is 6.92 Å². The van der Waals surface area contributed by atoms with Crippen LogP contribution in [0.5, 0.6) is 0 Å². The van der Waals surface area contributed by atoms with Crippen LogP contribution < -0.4 is 10.9 Å². The maximum absolute atomic E-state index is 11.2. The monoisotopic (exact) mass is 292 g/mol. The molecule has 0 saturated carbocycles. The second-order valence-corrected chi connectivity index (χ2v) is 5.37. The Labute approximate surface area is 95.6 Å². The first-order chi connectivity index (χ1) is 6.73. The number of amides is 1. The van der Waals surface area contributed by atoms with E-state index >= 15 is 0 Å². The number of carbonyl (C=O) groups is 1. The number of hydrogen-bond donors (Lipinski definition) is 2. The van der Waals surface area contributed by atoms with Crippen molar-refractivity contribution in [2.45, 2.75) is 11.8 Å². The molecule has 0 aromatic heterocycles. The van der Waals surface area contributed by atoms with Crippen LogP contribution in [0.3, 0.4) is 0 Å². The Balaban J connectivity index is 3.59. The lowest BCUT2D eigenvalue weighted by Crippen LogP contribution is -2.17. The van der Waals surface area contributed by atoms with E-state index < -0.39 is 15.9 Å². The van der Waals surface area contributed by atoms with Crippen molar-refractivity contribution in [3.8, 4) is 0 Å². The van der Waals surface area contributed by atoms with Gasteiger partial charge in [0.1, 0.15) is 0 Å². The molecule has 0 fully saturated rings. The quantitative estimate of drug-likeness (QED) is 0.829. The Kier molecular flexibility index (Phi) is 3.17. The summed E-state index contributed by atoms with van der Waals surface area (Å²) >= 11 is 3.13. The second kappa shape index (κ2) is 3.92. The standard InChI is InChI=1S/C8H9BrN2O3S/c1-4-6(9)2-5(8(10)12)3-7(4)15(11,13)14/h2-3H,1H3,(H2,10,12)(H2,11,13,14). The van der Waals surface area contributed by atoms with Crippen LogP contribution in [0.2, 0.25) is 0 Å². The van der Waals surface area contributed by atoms with Crippen molar-refractivity contribution < 1.29 is 13.2 Å². The van der Waals surface area contributed by atoms with Gasteiger partial charge < -0.3 is 5.73 Å². The lowest BCUT2D eigenvalue weighted by molar-refractivity contribution is 0.1000. The molecule has 0 radical (unpaired) electrons. The van der Waals surface area contributed by atoms with Crippen molar-refractivity contribution in [2.24, 2.45) is 10.9 Å². The van der Waals surface area contributed by atoms with Crippen LogP contribution in [0.4, 0.5) is 0 Å². The van der Waals surface area contributed by atoms with Crippen LogP contribution >= 0.6 is 15.9 Å². The van der Waals surface area contributed by atoms with E-state index in [9.17, 15) is 13.2 Å². The van der Waals surface area contributed by atoms with E-state index in [4.69, 9.17) is 10.9 Å². The molecule has 0 saturated heterocycles.